The second-order valence-corrected chi connectivity index (χ2v) is 5.52. The Bertz CT molecular complexity index is 467. The Morgan fingerprint density at radius 1 is 1.26 bits per heavy atom. The van der Waals surface area contributed by atoms with E-state index in [1.54, 1.807) is 11.3 Å². The van der Waals surface area contributed by atoms with E-state index in [-0.39, 0.29) is 0 Å². The second kappa shape index (κ2) is 7.28. The van der Waals surface area contributed by atoms with Gasteiger partial charge in [0, 0.05) is 18.0 Å². The highest BCUT2D eigenvalue weighted by Gasteiger charge is 2.05. The van der Waals surface area contributed by atoms with Crippen molar-refractivity contribution in [1.29, 1.82) is 0 Å². The van der Waals surface area contributed by atoms with Gasteiger partial charge in [-0.05, 0) is 30.5 Å². The molecule has 0 spiro atoms. The van der Waals surface area contributed by atoms with Crippen molar-refractivity contribution >= 4 is 11.3 Å². The summed E-state index contributed by atoms with van der Waals surface area (Å²) in [6.07, 6.45) is -0.499. The Balaban J connectivity index is 1.64. The summed E-state index contributed by atoms with van der Waals surface area (Å²) >= 11 is 1.71. The van der Waals surface area contributed by atoms with Crippen molar-refractivity contribution in [3.05, 3.63) is 52.2 Å². The maximum atomic E-state index is 9.81. The normalized spacial score (nSPS) is 12.3. The summed E-state index contributed by atoms with van der Waals surface area (Å²) in [6.45, 7) is 3.66. The molecule has 1 aromatic heterocycles. The van der Waals surface area contributed by atoms with E-state index < -0.39 is 6.10 Å². The molecule has 0 saturated carbocycles. The highest BCUT2D eigenvalue weighted by Crippen LogP contribution is 2.11. The van der Waals surface area contributed by atoms with Crippen LogP contribution in [0.15, 0.2) is 41.8 Å². The van der Waals surface area contributed by atoms with Gasteiger partial charge in [-0.3, -0.25) is 0 Å². The molecule has 1 aromatic carbocycles. The lowest BCUT2D eigenvalue weighted by molar-refractivity contribution is 0.106. The number of aryl methyl sites for hydroxylation is 1. The first-order valence-corrected chi connectivity index (χ1v) is 7.22. The summed E-state index contributed by atoms with van der Waals surface area (Å²) in [5.41, 5.74) is 1.20. The van der Waals surface area contributed by atoms with E-state index in [0.717, 1.165) is 12.3 Å². The van der Waals surface area contributed by atoms with E-state index in [4.69, 9.17) is 4.74 Å². The third-order valence-electron chi connectivity index (χ3n) is 2.72. The van der Waals surface area contributed by atoms with Crippen LogP contribution in [0.4, 0.5) is 0 Å². The minimum atomic E-state index is -0.499. The van der Waals surface area contributed by atoms with Crippen LogP contribution in [0.2, 0.25) is 0 Å². The molecule has 0 fully saturated rings. The molecule has 0 aliphatic carbocycles. The topological polar surface area (TPSA) is 41.5 Å². The van der Waals surface area contributed by atoms with Crippen LogP contribution in [0.5, 0.6) is 5.75 Å². The summed E-state index contributed by atoms with van der Waals surface area (Å²) in [5, 5.41) is 15.1. The van der Waals surface area contributed by atoms with Crippen LogP contribution in [0.1, 0.15) is 10.4 Å². The Morgan fingerprint density at radius 3 is 2.74 bits per heavy atom. The van der Waals surface area contributed by atoms with Crippen molar-refractivity contribution in [2.24, 2.45) is 0 Å². The number of benzene rings is 1. The molecule has 1 unspecified atom stereocenters. The predicted octanol–water partition coefficient (Wildman–Crippen LogP) is 2.59. The van der Waals surface area contributed by atoms with Crippen molar-refractivity contribution in [2.75, 3.05) is 13.2 Å². The molecule has 0 aliphatic rings. The highest BCUT2D eigenvalue weighted by atomic mass is 32.1. The van der Waals surface area contributed by atoms with Crippen molar-refractivity contribution in [1.82, 2.24) is 5.32 Å². The average molecular weight is 277 g/mol. The lowest BCUT2D eigenvalue weighted by Crippen LogP contribution is -2.30. The first-order chi connectivity index (χ1) is 9.24. The van der Waals surface area contributed by atoms with E-state index >= 15 is 0 Å². The van der Waals surface area contributed by atoms with Crippen LogP contribution < -0.4 is 10.1 Å². The summed E-state index contributed by atoms with van der Waals surface area (Å²) in [6, 6.07) is 11.9. The third-order valence-corrected chi connectivity index (χ3v) is 3.60. The van der Waals surface area contributed by atoms with E-state index in [1.165, 1.54) is 10.4 Å². The van der Waals surface area contributed by atoms with Crippen LogP contribution in [-0.2, 0) is 6.54 Å². The Labute approximate surface area is 117 Å². The number of ether oxygens (including phenoxy) is 1. The van der Waals surface area contributed by atoms with Gasteiger partial charge in [0.25, 0.3) is 0 Å². The number of nitrogens with one attached hydrogen (secondary N) is 1. The quantitative estimate of drug-likeness (QED) is 0.817. The molecular formula is C15H19NO2S. The largest absolute Gasteiger partial charge is 0.491 e. The molecule has 1 heterocycles. The molecule has 4 heteroatoms. The van der Waals surface area contributed by atoms with Crippen molar-refractivity contribution in [3.8, 4) is 5.75 Å². The smallest absolute Gasteiger partial charge is 0.119 e. The molecule has 2 rings (SSSR count). The molecule has 102 valence electrons. The van der Waals surface area contributed by atoms with Gasteiger partial charge in [0.05, 0.1) is 0 Å². The Kier molecular flexibility index (Phi) is 5.39. The van der Waals surface area contributed by atoms with E-state index in [0.29, 0.717) is 13.2 Å². The molecule has 0 radical (unpaired) electrons. The standard InChI is InChI=1S/C15H19NO2S/c1-12-4-6-14(7-5-12)18-11-13(17)9-16-10-15-3-2-8-19-15/h2-8,13,16-17H,9-11H2,1H3. The van der Waals surface area contributed by atoms with Gasteiger partial charge in [0.1, 0.15) is 18.5 Å². The van der Waals surface area contributed by atoms with Crippen LogP contribution in [-0.4, -0.2) is 24.4 Å². The number of thiophene rings is 1. The second-order valence-electron chi connectivity index (χ2n) is 4.49. The van der Waals surface area contributed by atoms with Crippen molar-refractivity contribution < 1.29 is 9.84 Å². The van der Waals surface area contributed by atoms with Crippen LogP contribution in [0, 0.1) is 6.92 Å². The zero-order valence-electron chi connectivity index (χ0n) is 11.0. The van der Waals surface area contributed by atoms with Crippen LogP contribution in [0.25, 0.3) is 0 Å². The predicted molar refractivity (Wildman–Crippen MR) is 78.7 cm³/mol. The molecule has 0 bridgehead atoms. The average Bonchev–Trinajstić information content (AvgIpc) is 2.91. The molecular weight excluding hydrogens is 258 g/mol. The van der Waals surface area contributed by atoms with Gasteiger partial charge in [-0.15, -0.1) is 11.3 Å². The summed E-state index contributed by atoms with van der Waals surface area (Å²) < 4.78 is 5.52. The van der Waals surface area contributed by atoms with Crippen LogP contribution >= 0.6 is 11.3 Å². The number of hydrogen-bond donors (Lipinski definition) is 2. The molecule has 1 atom stereocenters. The zero-order chi connectivity index (χ0) is 13.5. The first kappa shape index (κ1) is 14.1. The van der Waals surface area contributed by atoms with Gasteiger partial charge in [-0.2, -0.15) is 0 Å². The Hall–Kier alpha value is -1.36. The van der Waals surface area contributed by atoms with Gasteiger partial charge in [0.2, 0.25) is 0 Å². The monoisotopic (exact) mass is 277 g/mol. The van der Waals surface area contributed by atoms with Gasteiger partial charge < -0.3 is 15.2 Å². The SMILES string of the molecule is Cc1ccc(OCC(O)CNCc2cccs2)cc1. The molecule has 2 N–H and O–H groups in total. The van der Waals surface area contributed by atoms with Gasteiger partial charge in [-0.25, -0.2) is 0 Å². The molecule has 0 aliphatic heterocycles. The van der Waals surface area contributed by atoms with Crippen LogP contribution in [0.3, 0.4) is 0 Å². The zero-order valence-corrected chi connectivity index (χ0v) is 11.8. The fourth-order valence-corrected chi connectivity index (χ4v) is 2.34. The number of rotatable bonds is 7. The van der Waals surface area contributed by atoms with E-state index in [1.807, 2.05) is 42.6 Å². The molecule has 0 saturated heterocycles. The van der Waals surface area contributed by atoms with Gasteiger partial charge in [-0.1, -0.05) is 23.8 Å². The highest BCUT2D eigenvalue weighted by molar-refractivity contribution is 7.09. The fraction of sp³-hybridized carbons (Fsp3) is 0.333. The molecule has 2 aromatic rings. The minimum Gasteiger partial charge on any atom is -0.491 e. The van der Waals surface area contributed by atoms with Crippen molar-refractivity contribution in [2.45, 2.75) is 19.6 Å². The van der Waals surface area contributed by atoms with Gasteiger partial charge >= 0.3 is 0 Å². The summed E-state index contributed by atoms with van der Waals surface area (Å²) in [5.74, 6) is 0.794. The summed E-state index contributed by atoms with van der Waals surface area (Å²) in [7, 11) is 0. The number of aliphatic hydroxyl groups excluding tert-OH is 1. The molecule has 3 nitrogen and oxygen atoms in total. The third kappa shape index (κ3) is 5.03. The fourth-order valence-electron chi connectivity index (χ4n) is 1.66. The van der Waals surface area contributed by atoms with Gasteiger partial charge in [0.15, 0.2) is 0 Å². The first-order valence-electron chi connectivity index (χ1n) is 6.34. The molecule has 19 heavy (non-hydrogen) atoms. The minimum absolute atomic E-state index is 0.306. The maximum Gasteiger partial charge on any atom is 0.119 e. The lowest BCUT2D eigenvalue weighted by atomic mass is 10.2. The lowest BCUT2D eigenvalue weighted by Gasteiger charge is -2.13. The summed E-state index contributed by atoms with van der Waals surface area (Å²) in [4.78, 5) is 1.27. The maximum absolute atomic E-state index is 9.81. The molecule has 0 amide bonds. The van der Waals surface area contributed by atoms with E-state index in [9.17, 15) is 5.11 Å². The number of aliphatic hydroxyl groups is 1. The Morgan fingerprint density at radius 2 is 2.05 bits per heavy atom. The number of hydrogen-bond acceptors (Lipinski definition) is 4. The van der Waals surface area contributed by atoms with E-state index in [2.05, 4.69) is 11.4 Å². The van der Waals surface area contributed by atoms with Crippen molar-refractivity contribution in [3.63, 3.8) is 0 Å².